The van der Waals surface area contributed by atoms with E-state index in [4.69, 9.17) is 9.47 Å². The van der Waals surface area contributed by atoms with E-state index < -0.39 is 55.6 Å². The summed E-state index contributed by atoms with van der Waals surface area (Å²) in [5.41, 5.74) is 0. The fourth-order valence-corrected chi connectivity index (χ4v) is 10.0. The Morgan fingerprint density at radius 2 is 0.765 bits per heavy atom. The molecule has 1 aliphatic rings. The van der Waals surface area contributed by atoms with Gasteiger partial charge in [-0.25, -0.2) is 0 Å². The number of unbranched alkanes of at least 4 members (excludes halogenated alkanes) is 41. The van der Waals surface area contributed by atoms with Gasteiger partial charge in [0, 0.05) is 6.42 Å². The summed E-state index contributed by atoms with van der Waals surface area (Å²) in [7, 11) is 0. The molecule has 0 radical (unpaired) electrons. The van der Waals surface area contributed by atoms with E-state index in [0.717, 1.165) is 38.5 Å². The highest BCUT2D eigenvalue weighted by Gasteiger charge is 2.44. The van der Waals surface area contributed by atoms with Crippen molar-refractivity contribution in [2.75, 3.05) is 13.2 Å². The molecule has 0 aliphatic carbocycles. The van der Waals surface area contributed by atoms with Crippen molar-refractivity contribution in [2.24, 2.45) is 0 Å². The third-order valence-corrected chi connectivity index (χ3v) is 14.8. The van der Waals surface area contributed by atoms with E-state index in [1.807, 2.05) is 0 Å². The highest BCUT2D eigenvalue weighted by atomic mass is 16.7. The van der Waals surface area contributed by atoms with Crippen LogP contribution in [0.4, 0.5) is 0 Å². The van der Waals surface area contributed by atoms with Gasteiger partial charge in [0.1, 0.15) is 30.5 Å². The first-order valence-corrected chi connectivity index (χ1v) is 29.8. The number of ether oxygens (including phenoxy) is 2. The first-order valence-electron chi connectivity index (χ1n) is 29.8. The number of rotatable bonds is 52. The maximum Gasteiger partial charge on any atom is 0.220 e. The Hall–Kier alpha value is -0.850. The van der Waals surface area contributed by atoms with Gasteiger partial charge in [0.25, 0.3) is 0 Å². The molecule has 1 saturated heterocycles. The molecule has 0 saturated carbocycles. The van der Waals surface area contributed by atoms with Gasteiger partial charge in [-0.15, -0.1) is 0 Å². The Morgan fingerprint density at radius 3 is 1.09 bits per heavy atom. The van der Waals surface area contributed by atoms with Crippen molar-refractivity contribution < 1.29 is 44.9 Å². The number of carbonyl (C=O) groups is 1. The van der Waals surface area contributed by atoms with Crippen LogP contribution in [0.15, 0.2) is 0 Å². The quantitative estimate of drug-likeness (QED) is 0.0293. The predicted octanol–water partition coefficient (Wildman–Crippen LogP) is 13.6. The molecule has 8 atom stereocenters. The standard InChI is InChI=1S/C58H115NO9/c1-3-5-7-9-11-13-15-17-18-19-20-21-22-23-24-25-26-27-28-29-30-31-32-33-35-37-39-41-43-45-47-53(62)59-50(49-67-58-57(66)56(65)55(64)52(48-60)68-58)54(63)51(61)46-44-42-40-38-36-34-16-14-12-10-8-6-4-2/h50-52,54-58,60-61,63-66H,3-49H2,1-2H3,(H,59,62)/t50-,51+,52+,54-,55-,56?,57?,58+/m0/s1. The molecule has 7 N–H and O–H groups in total. The van der Waals surface area contributed by atoms with Gasteiger partial charge in [0.15, 0.2) is 6.29 Å². The molecule has 2 unspecified atom stereocenters. The predicted molar refractivity (Wildman–Crippen MR) is 283 cm³/mol. The SMILES string of the molecule is CCCCCCCCCCCCCCCCCCCCCCCCCCCCCCCCC(=O)N[C@@H](CO[C@@H]1O[C@H](CO)[C@H](O)C(O)C1O)[C@H](O)[C@H](O)CCCCCCCCCCCCCCC. The number of hydrogen-bond donors (Lipinski definition) is 7. The highest BCUT2D eigenvalue weighted by molar-refractivity contribution is 5.76. The lowest BCUT2D eigenvalue weighted by atomic mass is 9.98. The summed E-state index contributed by atoms with van der Waals surface area (Å²) >= 11 is 0. The summed E-state index contributed by atoms with van der Waals surface area (Å²) in [5, 5.41) is 65.5. The minimum atomic E-state index is -1.60. The lowest BCUT2D eigenvalue weighted by molar-refractivity contribution is -0.303. The van der Waals surface area contributed by atoms with Crippen LogP contribution >= 0.6 is 0 Å². The molecule has 10 heteroatoms. The molecule has 1 rings (SSSR count). The molecule has 1 heterocycles. The van der Waals surface area contributed by atoms with E-state index in [0.29, 0.717) is 6.42 Å². The van der Waals surface area contributed by atoms with Gasteiger partial charge >= 0.3 is 0 Å². The summed E-state index contributed by atoms with van der Waals surface area (Å²) in [6.07, 6.45) is 47.2. The average Bonchev–Trinajstić information content (AvgIpc) is 3.34. The molecule has 68 heavy (non-hydrogen) atoms. The van der Waals surface area contributed by atoms with Crippen molar-refractivity contribution in [2.45, 2.75) is 352 Å². The molecule has 10 nitrogen and oxygen atoms in total. The summed E-state index contributed by atoms with van der Waals surface area (Å²) in [4.78, 5) is 13.1. The van der Waals surface area contributed by atoms with Crippen LogP contribution in [0.1, 0.15) is 303 Å². The zero-order chi connectivity index (χ0) is 49.6. The van der Waals surface area contributed by atoms with Crippen molar-refractivity contribution in [3.05, 3.63) is 0 Å². The maximum atomic E-state index is 13.1. The van der Waals surface area contributed by atoms with Gasteiger partial charge in [-0.1, -0.05) is 284 Å². The van der Waals surface area contributed by atoms with E-state index in [9.17, 15) is 35.4 Å². The smallest absolute Gasteiger partial charge is 0.220 e. The number of nitrogens with one attached hydrogen (secondary N) is 1. The van der Waals surface area contributed by atoms with Crippen LogP contribution in [0, 0.1) is 0 Å². The second-order valence-electron chi connectivity index (χ2n) is 21.3. The minimum Gasteiger partial charge on any atom is -0.394 e. The summed E-state index contributed by atoms with van der Waals surface area (Å²) in [5.74, 6) is -0.250. The van der Waals surface area contributed by atoms with Crippen molar-refractivity contribution in [1.82, 2.24) is 5.32 Å². The van der Waals surface area contributed by atoms with Crippen molar-refractivity contribution >= 4 is 5.91 Å². The van der Waals surface area contributed by atoms with Crippen LogP contribution in [-0.2, 0) is 14.3 Å². The number of carbonyl (C=O) groups excluding carboxylic acids is 1. The molecule has 0 spiro atoms. The van der Waals surface area contributed by atoms with E-state index >= 15 is 0 Å². The van der Waals surface area contributed by atoms with E-state index in [-0.39, 0.29) is 18.9 Å². The third kappa shape index (κ3) is 37.0. The zero-order valence-electron chi connectivity index (χ0n) is 44.8. The Balaban J connectivity index is 2.15. The van der Waals surface area contributed by atoms with E-state index in [1.165, 1.54) is 238 Å². The van der Waals surface area contributed by atoms with Crippen LogP contribution in [0.25, 0.3) is 0 Å². The Bertz CT molecular complexity index is 1050. The van der Waals surface area contributed by atoms with Crippen LogP contribution in [0.5, 0.6) is 0 Å². The number of hydrogen-bond acceptors (Lipinski definition) is 9. The number of amides is 1. The molecular formula is C58H115NO9. The monoisotopic (exact) mass is 970 g/mol. The highest BCUT2D eigenvalue weighted by Crippen LogP contribution is 2.24. The van der Waals surface area contributed by atoms with Crippen molar-refractivity contribution in [3.63, 3.8) is 0 Å². The minimum absolute atomic E-state index is 0.250. The van der Waals surface area contributed by atoms with E-state index in [1.54, 1.807) is 0 Å². The molecule has 0 aromatic rings. The normalized spacial score (nSPS) is 19.9. The molecule has 0 bridgehead atoms. The van der Waals surface area contributed by atoms with Gasteiger partial charge in [-0.05, 0) is 12.8 Å². The van der Waals surface area contributed by atoms with Gasteiger partial charge in [0.2, 0.25) is 5.91 Å². The number of aliphatic hydroxyl groups is 6. The van der Waals surface area contributed by atoms with Crippen molar-refractivity contribution in [3.8, 4) is 0 Å². The third-order valence-electron chi connectivity index (χ3n) is 14.8. The molecule has 1 fully saturated rings. The molecule has 406 valence electrons. The lowest BCUT2D eigenvalue weighted by Gasteiger charge is -2.40. The summed E-state index contributed by atoms with van der Waals surface area (Å²) in [6, 6.07) is -0.986. The van der Waals surface area contributed by atoms with Gasteiger partial charge < -0.3 is 45.4 Å². The first-order chi connectivity index (χ1) is 33.3. The zero-order valence-corrected chi connectivity index (χ0v) is 44.8. The fraction of sp³-hybridized carbons (Fsp3) is 0.983. The van der Waals surface area contributed by atoms with Gasteiger partial charge in [-0.3, -0.25) is 4.79 Å². The fourth-order valence-electron chi connectivity index (χ4n) is 10.0. The molecule has 0 aromatic heterocycles. The van der Waals surface area contributed by atoms with Crippen LogP contribution in [0.2, 0.25) is 0 Å². The second kappa shape index (κ2) is 48.4. The van der Waals surface area contributed by atoms with Crippen LogP contribution in [0.3, 0.4) is 0 Å². The Labute approximate surface area is 419 Å². The average molecular weight is 971 g/mol. The Kier molecular flexibility index (Phi) is 46.4. The van der Waals surface area contributed by atoms with Crippen LogP contribution < -0.4 is 5.32 Å². The number of aliphatic hydroxyl groups excluding tert-OH is 6. The molecule has 0 aromatic carbocycles. The Morgan fingerprint density at radius 1 is 0.456 bits per heavy atom. The second-order valence-corrected chi connectivity index (χ2v) is 21.3. The van der Waals surface area contributed by atoms with Crippen LogP contribution in [-0.4, -0.2) is 98.7 Å². The molecular weight excluding hydrogens is 855 g/mol. The summed E-state index contributed by atoms with van der Waals surface area (Å²) in [6.45, 7) is 3.65. The topological polar surface area (TPSA) is 169 Å². The van der Waals surface area contributed by atoms with Gasteiger partial charge in [-0.2, -0.15) is 0 Å². The van der Waals surface area contributed by atoms with E-state index in [2.05, 4.69) is 19.2 Å². The maximum absolute atomic E-state index is 13.1. The molecule has 1 amide bonds. The summed E-state index contributed by atoms with van der Waals surface area (Å²) < 4.78 is 11.2. The molecule has 1 aliphatic heterocycles. The lowest BCUT2D eigenvalue weighted by Crippen LogP contribution is -2.60. The van der Waals surface area contributed by atoms with Crippen molar-refractivity contribution in [1.29, 1.82) is 0 Å². The largest absolute Gasteiger partial charge is 0.394 e. The first kappa shape index (κ1) is 65.2. The van der Waals surface area contributed by atoms with Gasteiger partial charge in [0.05, 0.1) is 25.4 Å².